The molecule has 0 aliphatic rings. The van der Waals surface area contributed by atoms with E-state index in [1.807, 2.05) is 26.0 Å². The molecule has 0 aromatic heterocycles. The van der Waals surface area contributed by atoms with E-state index in [9.17, 15) is 14.6 Å². The summed E-state index contributed by atoms with van der Waals surface area (Å²) < 4.78 is 9.90. The molecule has 0 rings (SSSR count). The summed E-state index contributed by atoms with van der Waals surface area (Å²) in [4.78, 5) is 31.6. The smallest absolute Gasteiger partial charge is 0.305 e. The molecule has 0 heterocycles. The van der Waals surface area contributed by atoms with E-state index in [0.717, 1.165) is 23.9 Å². The number of carbonyl (C=O) groups is 1. The third kappa shape index (κ3) is 9.96. The Morgan fingerprint density at radius 3 is 2.55 bits per heavy atom. The Hall–Kier alpha value is -0.890. The van der Waals surface area contributed by atoms with Gasteiger partial charge in [0.15, 0.2) is 0 Å². The van der Waals surface area contributed by atoms with Crippen LogP contribution in [0.3, 0.4) is 0 Å². The molecule has 0 aliphatic carbocycles. The van der Waals surface area contributed by atoms with Crippen molar-refractivity contribution in [1.29, 1.82) is 0 Å². The van der Waals surface area contributed by atoms with E-state index in [-0.39, 0.29) is 16.0 Å². The van der Waals surface area contributed by atoms with Gasteiger partial charge in [0.1, 0.15) is 0 Å². The molecule has 6 nitrogen and oxygen atoms in total. The van der Waals surface area contributed by atoms with Crippen LogP contribution in [0.5, 0.6) is 0 Å². The average Bonchev–Trinajstić information content (AvgIpc) is 2.37. The molecule has 0 aromatic carbocycles. The summed E-state index contributed by atoms with van der Waals surface area (Å²) in [6.07, 6.45) is 6.04. The topological polar surface area (TPSA) is 85.2 Å². The van der Waals surface area contributed by atoms with Gasteiger partial charge in [0.05, 0.1) is 7.11 Å². The molecule has 20 heavy (non-hydrogen) atoms. The van der Waals surface area contributed by atoms with E-state index < -0.39 is 0 Å². The first kappa shape index (κ1) is 19.1. The number of ether oxygens (including phenoxy) is 1. The molecular weight excluding hydrogens is 300 g/mol. The summed E-state index contributed by atoms with van der Waals surface area (Å²) in [7, 11) is 1.36. The Morgan fingerprint density at radius 2 is 2.00 bits per heavy atom. The van der Waals surface area contributed by atoms with E-state index in [1.165, 1.54) is 7.11 Å². The minimum Gasteiger partial charge on any atom is -0.469 e. The van der Waals surface area contributed by atoms with E-state index >= 15 is 0 Å². The number of nitrogens with zero attached hydrogens (tertiary/aromatic N) is 2. The summed E-state index contributed by atoms with van der Waals surface area (Å²) in [6, 6.07) is 0. The molecule has 0 saturated carbocycles. The van der Waals surface area contributed by atoms with Gasteiger partial charge in [-0.25, -0.2) is 0 Å². The third-order valence-corrected chi connectivity index (χ3v) is 3.98. The fraction of sp³-hybridized carbons (Fsp3) is 0.750. The maximum absolute atomic E-state index is 10.9. The van der Waals surface area contributed by atoms with Crippen molar-refractivity contribution in [1.82, 2.24) is 0 Å². The summed E-state index contributed by atoms with van der Waals surface area (Å²) in [5, 5.41) is -0.00822. The second-order valence-corrected chi connectivity index (χ2v) is 7.22. The number of rotatable bonds is 11. The Morgan fingerprint density at radius 1 is 1.30 bits per heavy atom. The van der Waals surface area contributed by atoms with Gasteiger partial charge in [-0.2, -0.15) is 0 Å². The van der Waals surface area contributed by atoms with E-state index in [4.69, 9.17) is 0 Å². The normalized spacial score (nSPS) is 13.2. The number of esters is 1. The minimum atomic E-state index is -0.329. The molecule has 0 N–H and O–H groups in total. The Balaban J connectivity index is 4.20. The van der Waals surface area contributed by atoms with Gasteiger partial charge in [0.2, 0.25) is 0 Å². The van der Waals surface area contributed by atoms with Crippen molar-refractivity contribution in [3.05, 3.63) is 22.0 Å². The van der Waals surface area contributed by atoms with Gasteiger partial charge in [-0.15, -0.1) is 9.81 Å². The molecule has 0 spiro atoms. The number of carbonyl (C=O) groups excluding carboxylic acids is 1. The van der Waals surface area contributed by atoms with Gasteiger partial charge < -0.3 is 4.74 Å². The molecule has 0 aliphatic heterocycles. The first-order valence-electron chi connectivity index (χ1n) is 6.16. The van der Waals surface area contributed by atoms with Crippen molar-refractivity contribution in [2.24, 2.45) is 9.16 Å². The first-order chi connectivity index (χ1) is 9.45. The second-order valence-electron chi connectivity index (χ2n) is 4.75. The second kappa shape index (κ2) is 10.8. The highest BCUT2D eigenvalue weighted by atomic mass is 32.2. The van der Waals surface area contributed by atoms with Crippen LogP contribution in [-0.2, 0) is 9.53 Å². The van der Waals surface area contributed by atoms with Crippen LogP contribution >= 0.6 is 23.9 Å². The predicted molar refractivity (Wildman–Crippen MR) is 84.3 cm³/mol. The number of hydrogen-bond donors (Lipinski definition) is 0. The van der Waals surface area contributed by atoms with Crippen LogP contribution < -0.4 is 0 Å². The van der Waals surface area contributed by atoms with Gasteiger partial charge in [0, 0.05) is 49.5 Å². The van der Waals surface area contributed by atoms with Crippen LogP contribution in [0.15, 0.2) is 21.3 Å². The molecule has 0 amide bonds. The van der Waals surface area contributed by atoms with E-state index in [2.05, 4.69) is 13.9 Å². The van der Waals surface area contributed by atoms with Gasteiger partial charge >= 0.3 is 5.97 Å². The zero-order valence-electron chi connectivity index (χ0n) is 11.9. The van der Waals surface area contributed by atoms with Crippen molar-refractivity contribution in [2.45, 2.75) is 49.5 Å². The maximum atomic E-state index is 10.9. The standard InChI is InChI=1S/C12H20N2O4S2/c1-12(2,20-14-17)9-10(19-13-16)7-5-4-6-8-11(15)18-3/h4-5,10H,6-9H2,1-3H3/b5-4+. The van der Waals surface area contributed by atoms with Crippen LogP contribution in [0.25, 0.3) is 0 Å². The summed E-state index contributed by atoms with van der Waals surface area (Å²) in [6.45, 7) is 3.80. The predicted octanol–water partition coefficient (Wildman–Crippen LogP) is 4.25. The maximum Gasteiger partial charge on any atom is 0.305 e. The highest BCUT2D eigenvalue weighted by Crippen LogP contribution is 2.35. The van der Waals surface area contributed by atoms with Crippen molar-refractivity contribution in [3.63, 3.8) is 0 Å². The lowest BCUT2D eigenvalue weighted by atomic mass is 10.0. The Kier molecular flexibility index (Phi) is 10.4. The van der Waals surface area contributed by atoms with Crippen LogP contribution in [0.1, 0.15) is 39.5 Å². The molecule has 1 unspecified atom stereocenters. The zero-order chi connectivity index (χ0) is 15.4. The van der Waals surface area contributed by atoms with Crippen molar-refractivity contribution >= 4 is 29.9 Å². The number of hydrogen-bond acceptors (Lipinski definition) is 8. The summed E-state index contributed by atoms with van der Waals surface area (Å²) >= 11 is 1.93. The first-order valence-corrected chi connectivity index (χ1v) is 7.77. The highest BCUT2D eigenvalue weighted by molar-refractivity contribution is 7.99. The van der Waals surface area contributed by atoms with Crippen molar-refractivity contribution in [3.8, 4) is 0 Å². The average molecular weight is 320 g/mol. The molecule has 0 saturated heterocycles. The lowest BCUT2D eigenvalue weighted by Crippen LogP contribution is -2.20. The summed E-state index contributed by atoms with van der Waals surface area (Å²) in [5.41, 5.74) is 0. The van der Waals surface area contributed by atoms with Crippen LogP contribution in [0.4, 0.5) is 0 Å². The fourth-order valence-electron chi connectivity index (χ4n) is 1.58. The summed E-state index contributed by atoms with van der Waals surface area (Å²) in [5.74, 6) is -0.246. The lowest BCUT2D eigenvalue weighted by Gasteiger charge is -2.23. The van der Waals surface area contributed by atoms with Crippen molar-refractivity contribution < 1.29 is 9.53 Å². The van der Waals surface area contributed by atoms with Crippen LogP contribution in [0.2, 0.25) is 0 Å². The number of allylic oxidation sites excluding steroid dienone is 2. The SMILES string of the molecule is COC(=O)CC/C=C/CC(CC(C)(C)SN=O)SN=O. The quantitative estimate of drug-likeness (QED) is 0.245. The molecule has 0 bridgehead atoms. The third-order valence-electron chi connectivity index (χ3n) is 2.50. The largest absolute Gasteiger partial charge is 0.469 e. The fourth-order valence-corrected chi connectivity index (χ4v) is 2.97. The van der Waals surface area contributed by atoms with Crippen molar-refractivity contribution in [2.75, 3.05) is 7.11 Å². The Labute approximate surface area is 127 Å². The van der Waals surface area contributed by atoms with Gasteiger partial charge in [-0.05, 0) is 33.1 Å². The molecule has 0 radical (unpaired) electrons. The minimum absolute atomic E-state index is 0.00822. The number of nitroso groups, excluding NO2 is 2. The van der Waals surface area contributed by atoms with Gasteiger partial charge in [-0.3, -0.25) is 4.79 Å². The zero-order valence-corrected chi connectivity index (χ0v) is 13.5. The van der Waals surface area contributed by atoms with Gasteiger partial charge in [-0.1, -0.05) is 12.2 Å². The van der Waals surface area contributed by atoms with Gasteiger partial charge in [0.25, 0.3) is 0 Å². The monoisotopic (exact) mass is 320 g/mol. The van der Waals surface area contributed by atoms with E-state index in [0.29, 0.717) is 25.7 Å². The highest BCUT2D eigenvalue weighted by Gasteiger charge is 2.25. The molecule has 0 fully saturated rings. The van der Waals surface area contributed by atoms with Crippen LogP contribution in [0, 0.1) is 9.81 Å². The number of methoxy groups -OCH3 is 1. The molecule has 0 aromatic rings. The molecule has 1 atom stereocenters. The lowest BCUT2D eigenvalue weighted by molar-refractivity contribution is -0.140. The molecule has 114 valence electrons. The molecule has 8 heteroatoms. The van der Waals surface area contributed by atoms with E-state index in [1.54, 1.807) is 0 Å². The molecular formula is C12H20N2O4S2. The Bertz CT molecular complexity index is 348. The van der Waals surface area contributed by atoms with Crippen LogP contribution in [-0.4, -0.2) is 23.1 Å².